The highest BCUT2D eigenvalue weighted by Gasteiger charge is 2.44. The molecular formula is C22H22N4OS. The van der Waals surface area contributed by atoms with Crippen molar-refractivity contribution in [3.63, 3.8) is 0 Å². The molecule has 0 spiro atoms. The smallest absolute Gasteiger partial charge is 0.160 e. The highest BCUT2D eigenvalue weighted by molar-refractivity contribution is 8.14. The number of rotatable bonds is 4. The van der Waals surface area contributed by atoms with Gasteiger partial charge in [-0.05, 0) is 36.4 Å². The predicted molar refractivity (Wildman–Crippen MR) is 113 cm³/mol. The normalized spacial score (nSPS) is 23.6. The highest BCUT2D eigenvalue weighted by atomic mass is 32.2. The van der Waals surface area contributed by atoms with Crippen LogP contribution in [0.4, 0.5) is 0 Å². The van der Waals surface area contributed by atoms with Crippen molar-refractivity contribution >= 4 is 16.9 Å². The van der Waals surface area contributed by atoms with Crippen LogP contribution in [0.1, 0.15) is 30.4 Å². The van der Waals surface area contributed by atoms with Gasteiger partial charge in [-0.15, -0.1) is 0 Å². The second kappa shape index (κ2) is 7.02. The number of hydrogen-bond acceptors (Lipinski definition) is 5. The summed E-state index contributed by atoms with van der Waals surface area (Å²) in [6.07, 6.45) is 3.96. The number of pyridine rings is 1. The van der Waals surface area contributed by atoms with Crippen LogP contribution in [0.5, 0.6) is 5.75 Å². The molecular weight excluding hydrogens is 368 g/mol. The summed E-state index contributed by atoms with van der Waals surface area (Å²) in [6, 6.07) is 18.6. The third-order valence-corrected chi connectivity index (χ3v) is 6.41. The van der Waals surface area contributed by atoms with Crippen LogP contribution < -0.4 is 4.74 Å². The molecule has 3 aromatic rings. The molecule has 2 aliphatic rings. The molecule has 1 aromatic carbocycles. The Morgan fingerprint density at radius 1 is 1.07 bits per heavy atom. The van der Waals surface area contributed by atoms with E-state index in [1.165, 1.54) is 5.69 Å². The molecule has 6 heteroatoms. The number of thioether (sulfide) groups is 1. The molecule has 3 atom stereocenters. The summed E-state index contributed by atoms with van der Waals surface area (Å²) < 4.78 is 7.85. The van der Waals surface area contributed by atoms with Gasteiger partial charge in [0.2, 0.25) is 0 Å². The number of amidine groups is 1. The van der Waals surface area contributed by atoms with Gasteiger partial charge in [0.1, 0.15) is 11.8 Å². The van der Waals surface area contributed by atoms with Crippen LogP contribution in [-0.4, -0.2) is 38.5 Å². The van der Waals surface area contributed by atoms with E-state index in [0.717, 1.165) is 28.8 Å². The SMILES string of the molecule is COc1ccccc1-n1cccc1[C@H]1[C@H](c2ccccn2)N=C2S[C@@H](C)CN21. The zero-order valence-corrected chi connectivity index (χ0v) is 16.7. The minimum absolute atomic E-state index is 0.0143. The second-order valence-corrected chi connectivity index (χ2v) is 8.52. The summed E-state index contributed by atoms with van der Waals surface area (Å²) in [7, 11) is 1.72. The standard InChI is InChI=1S/C22H22N4OS/c1-15-14-26-21(20(24-22(26)28-15)16-8-5-6-12-23-16)18-10-7-13-25(18)17-9-3-4-11-19(17)27-2/h3-13,15,20-21H,14H2,1-2H3/t15-,20-,21-/m0/s1. The molecule has 0 unspecified atom stereocenters. The molecule has 5 rings (SSSR count). The maximum atomic E-state index is 5.62. The summed E-state index contributed by atoms with van der Waals surface area (Å²) in [5.41, 5.74) is 3.25. The average Bonchev–Trinajstić information content (AvgIpc) is 3.42. The molecule has 142 valence electrons. The van der Waals surface area contributed by atoms with Gasteiger partial charge >= 0.3 is 0 Å². The van der Waals surface area contributed by atoms with Gasteiger partial charge in [-0.2, -0.15) is 0 Å². The first-order valence-corrected chi connectivity index (χ1v) is 10.4. The third kappa shape index (κ3) is 2.79. The van der Waals surface area contributed by atoms with Crippen LogP contribution in [0.25, 0.3) is 5.69 Å². The van der Waals surface area contributed by atoms with Gasteiger partial charge in [0.25, 0.3) is 0 Å². The monoisotopic (exact) mass is 390 g/mol. The van der Waals surface area contributed by atoms with Crippen LogP contribution >= 0.6 is 11.8 Å². The molecule has 0 N–H and O–H groups in total. The molecule has 0 aliphatic carbocycles. The quantitative estimate of drug-likeness (QED) is 0.659. The van der Waals surface area contributed by atoms with Gasteiger partial charge in [0, 0.05) is 29.9 Å². The van der Waals surface area contributed by atoms with Crippen molar-refractivity contribution in [3.05, 3.63) is 78.4 Å². The fourth-order valence-electron chi connectivity index (χ4n) is 4.12. The van der Waals surface area contributed by atoms with Crippen LogP contribution in [0.3, 0.4) is 0 Å². The first-order valence-electron chi connectivity index (χ1n) is 9.49. The lowest BCUT2D eigenvalue weighted by molar-refractivity contribution is 0.311. The lowest BCUT2D eigenvalue weighted by atomic mass is 10.0. The van der Waals surface area contributed by atoms with E-state index in [4.69, 9.17) is 9.73 Å². The molecule has 0 bridgehead atoms. The summed E-state index contributed by atoms with van der Waals surface area (Å²) in [5.74, 6) is 0.859. The number of fused-ring (bicyclic) bond motifs is 1. The first kappa shape index (κ1) is 17.4. The van der Waals surface area contributed by atoms with Gasteiger partial charge in [-0.1, -0.05) is 36.9 Å². The largest absolute Gasteiger partial charge is 0.495 e. The fraction of sp³-hybridized carbons (Fsp3) is 0.273. The van der Waals surface area contributed by atoms with Crippen molar-refractivity contribution in [2.75, 3.05) is 13.7 Å². The van der Waals surface area contributed by atoms with Crippen LogP contribution in [0.2, 0.25) is 0 Å². The average molecular weight is 391 g/mol. The maximum Gasteiger partial charge on any atom is 0.160 e. The van der Waals surface area contributed by atoms with Gasteiger partial charge in [0.15, 0.2) is 5.17 Å². The van der Waals surface area contributed by atoms with Crippen molar-refractivity contribution in [2.24, 2.45) is 4.99 Å². The van der Waals surface area contributed by atoms with E-state index in [0.29, 0.717) is 5.25 Å². The maximum absolute atomic E-state index is 5.62. The molecule has 0 amide bonds. The number of benzene rings is 1. The topological polar surface area (TPSA) is 42.6 Å². The number of ether oxygens (including phenoxy) is 1. The Morgan fingerprint density at radius 2 is 1.93 bits per heavy atom. The van der Waals surface area contributed by atoms with E-state index in [-0.39, 0.29) is 12.1 Å². The fourth-order valence-corrected chi connectivity index (χ4v) is 5.21. The van der Waals surface area contributed by atoms with Crippen LogP contribution in [-0.2, 0) is 0 Å². The number of nitrogens with zero attached hydrogens (tertiary/aromatic N) is 4. The Morgan fingerprint density at radius 3 is 2.75 bits per heavy atom. The van der Waals surface area contributed by atoms with Gasteiger partial charge in [-0.25, -0.2) is 0 Å². The minimum Gasteiger partial charge on any atom is -0.495 e. The zero-order chi connectivity index (χ0) is 19.1. The summed E-state index contributed by atoms with van der Waals surface area (Å²) in [4.78, 5) is 12.2. The van der Waals surface area contributed by atoms with Crippen molar-refractivity contribution in [3.8, 4) is 11.4 Å². The molecule has 0 radical (unpaired) electrons. The van der Waals surface area contributed by atoms with Crippen LogP contribution in [0, 0.1) is 0 Å². The minimum atomic E-state index is -0.0143. The van der Waals surface area contributed by atoms with Crippen molar-refractivity contribution in [1.29, 1.82) is 0 Å². The molecule has 2 aliphatic heterocycles. The van der Waals surface area contributed by atoms with E-state index >= 15 is 0 Å². The Labute approximate surface area is 169 Å². The van der Waals surface area contributed by atoms with E-state index in [2.05, 4.69) is 51.8 Å². The summed E-state index contributed by atoms with van der Waals surface area (Å²) in [6.45, 7) is 3.26. The van der Waals surface area contributed by atoms with Gasteiger partial charge in [-0.3, -0.25) is 9.98 Å². The Hall–Kier alpha value is -2.73. The Balaban J connectivity index is 1.63. The molecule has 2 aromatic heterocycles. The number of hydrogen-bond donors (Lipinski definition) is 0. The van der Waals surface area contributed by atoms with E-state index in [1.54, 1.807) is 7.11 Å². The Bertz CT molecular complexity index is 1020. The first-order chi connectivity index (χ1) is 13.8. The highest BCUT2D eigenvalue weighted by Crippen LogP contribution is 2.48. The second-order valence-electron chi connectivity index (χ2n) is 7.11. The molecule has 0 saturated carbocycles. The van der Waals surface area contributed by atoms with Crippen molar-refractivity contribution in [2.45, 2.75) is 24.3 Å². The van der Waals surface area contributed by atoms with E-state index in [1.807, 2.05) is 48.3 Å². The lowest BCUT2D eigenvalue weighted by Gasteiger charge is -2.28. The van der Waals surface area contributed by atoms with E-state index in [9.17, 15) is 0 Å². The van der Waals surface area contributed by atoms with Crippen molar-refractivity contribution in [1.82, 2.24) is 14.5 Å². The molecule has 1 saturated heterocycles. The molecule has 4 heterocycles. The van der Waals surface area contributed by atoms with Crippen molar-refractivity contribution < 1.29 is 4.74 Å². The summed E-state index contributed by atoms with van der Waals surface area (Å²) in [5, 5.41) is 1.67. The zero-order valence-electron chi connectivity index (χ0n) is 15.9. The number of para-hydroxylation sites is 2. The molecule has 1 fully saturated rings. The Kier molecular flexibility index (Phi) is 4.36. The van der Waals surface area contributed by atoms with Gasteiger partial charge in [0.05, 0.1) is 24.5 Å². The summed E-state index contributed by atoms with van der Waals surface area (Å²) >= 11 is 1.86. The lowest BCUT2D eigenvalue weighted by Crippen LogP contribution is -2.30. The van der Waals surface area contributed by atoms with E-state index < -0.39 is 0 Å². The number of aromatic nitrogens is 2. The third-order valence-electron chi connectivity index (χ3n) is 5.31. The molecule has 28 heavy (non-hydrogen) atoms. The van der Waals surface area contributed by atoms with Crippen LogP contribution in [0.15, 0.2) is 72.0 Å². The molecule has 5 nitrogen and oxygen atoms in total. The van der Waals surface area contributed by atoms with Gasteiger partial charge < -0.3 is 14.2 Å². The predicted octanol–water partition coefficient (Wildman–Crippen LogP) is 4.47. The number of aliphatic imine (C=N–C) groups is 1. The number of methoxy groups -OCH3 is 1.